The molecule has 0 spiro atoms. The van der Waals surface area contributed by atoms with E-state index >= 15 is 0 Å². The number of ether oxygens (including phenoxy) is 2. The second-order valence-electron chi connectivity index (χ2n) is 5.19. The van der Waals surface area contributed by atoms with E-state index in [1.165, 1.54) is 0 Å². The maximum Gasteiger partial charge on any atom is 0.221 e. The van der Waals surface area contributed by atoms with Crippen LogP contribution in [0.2, 0.25) is 0 Å². The first-order chi connectivity index (χ1) is 10.3. The van der Waals surface area contributed by atoms with Crippen molar-refractivity contribution in [1.29, 1.82) is 0 Å². The number of nitrogens with one attached hydrogen (secondary N) is 1. The van der Waals surface area contributed by atoms with Crippen molar-refractivity contribution in [2.24, 2.45) is 0 Å². The highest BCUT2D eigenvalue weighted by molar-refractivity contribution is 5.51. The molecule has 1 saturated heterocycles. The van der Waals surface area contributed by atoms with Crippen molar-refractivity contribution in [3.63, 3.8) is 0 Å². The Balaban J connectivity index is 2.14. The monoisotopic (exact) mass is 294 g/mol. The van der Waals surface area contributed by atoms with E-state index in [2.05, 4.69) is 27.1 Å². The molecule has 1 fully saturated rings. The van der Waals surface area contributed by atoms with Crippen LogP contribution in [0.5, 0.6) is 5.88 Å². The van der Waals surface area contributed by atoms with Gasteiger partial charge in [-0.15, -0.1) is 0 Å². The molecule has 0 amide bonds. The molecule has 1 aromatic heterocycles. The van der Waals surface area contributed by atoms with Crippen molar-refractivity contribution < 1.29 is 9.47 Å². The van der Waals surface area contributed by atoms with E-state index in [4.69, 9.17) is 9.47 Å². The fraction of sp³-hybridized carbons (Fsp3) is 0.733. The van der Waals surface area contributed by atoms with E-state index in [0.29, 0.717) is 18.5 Å². The van der Waals surface area contributed by atoms with Crippen LogP contribution in [0.3, 0.4) is 0 Å². The van der Waals surface area contributed by atoms with Crippen LogP contribution >= 0.6 is 0 Å². The zero-order chi connectivity index (χ0) is 15.1. The molecule has 1 unspecified atom stereocenters. The van der Waals surface area contributed by atoms with Crippen molar-refractivity contribution in [1.82, 2.24) is 15.3 Å². The molecule has 118 valence electrons. The summed E-state index contributed by atoms with van der Waals surface area (Å²) in [6, 6.07) is 0.299. The molecular weight excluding hydrogens is 268 g/mol. The van der Waals surface area contributed by atoms with E-state index in [9.17, 15) is 0 Å². The topological polar surface area (TPSA) is 59.5 Å². The fourth-order valence-corrected chi connectivity index (χ4v) is 2.55. The van der Waals surface area contributed by atoms with Gasteiger partial charge in [-0.2, -0.15) is 0 Å². The first-order valence-electron chi connectivity index (χ1n) is 7.77. The predicted molar refractivity (Wildman–Crippen MR) is 83.1 cm³/mol. The number of anilines is 1. The van der Waals surface area contributed by atoms with Crippen LogP contribution in [-0.4, -0.2) is 55.5 Å². The molecule has 2 heterocycles. The van der Waals surface area contributed by atoms with Gasteiger partial charge in [0.05, 0.1) is 31.4 Å². The summed E-state index contributed by atoms with van der Waals surface area (Å²) < 4.78 is 11.2. The number of hydrogen-bond acceptors (Lipinski definition) is 6. The Morgan fingerprint density at radius 3 is 3.05 bits per heavy atom. The lowest BCUT2D eigenvalue weighted by atomic mass is 10.2. The van der Waals surface area contributed by atoms with Crippen LogP contribution in [-0.2, 0) is 4.74 Å². The Morgan fingerprint density at radius 1 is 1.43 bits per heavy atom. The van der Waals surface area contributed by atoms with Crippen molar-refractivity contribution in [3.05, 3.63) is 11.9 Å². The van der Waals surface area contributed by atoms with Gasteiger partial charge in [-0.3, -0.25) is 0 Å². The summed E-state index contributed by atoms with van der Waals surface area (Å²) in [5.41, 5.74) is 1.00. The molecule has 0 saturated carbocycles. The van der Waals surface area contributed by atoms with Crippen LogP contribution in [0.25, 0.3) is 0 Å². The average Bonchev–Trinajstić information content (AvgIpc) is 2.51. The quantitative estimate of drug-likeness (QED) is 0.767. The highest BCUT2D eigenvalue weighted by Gasteiger charge is 2.26. The summed E-state index contributed by atoms with van der Waals surface area (Å²) >= 11 is 0. The molecule has 0 radical (unpaired) electrons. The lowest BCUT2D eigenvalue weighted by Crippen LogP contribution is -2.51. The van der Waals surface area contributed by atoms with Gasteiger partial charge in [0.15, 0.2) is 0 Å². The second kappa shape index (κ2) is 8.14. The van der Waals surface area contributed by atoms with Crippen LogP contribution in [0.1, 0.15) is 25.8 Å². The maximum atomic E-state index is 5.63. The van der Waals surface area contributed by atoms with E-state index < -0.39 is 0 Å². The molecule has 0 bridgehead atoms. The van der Waals surface area contributed by atoms with Gasteiger partial charge in [-0.05, 0) is 26.8 Å². The molecule has 1 aliphatic rings. The average molecular weight is 294 g/mol. The van der Waals surface area contributed by atoms with Gasteiger partial charge in [-0.25, -0.2) is 9.97 Å². The SMILES string of the molecule is CCCNCC1COCCN1c1ncnc(OCC)c1C. The van der Waals surface area contributed by atoms with Gasteiger partial charge >= 0.3 is 0 Å². The summed E-state index contributed by atoms with van der Waals surface area (Å²) in [6.45, 7) is 11.0. The third-order valence-electron chi connectivity index (χ3n) is 3.60. The second-order valence-corrected chi connectivity index (χ2v) is 5.19. The van der Waals surface area contributed by atoms with Crippen molar-refractivity contribution >= 4 is 5.82 Å². The molecule has 0 aliphatic carbocycles. The Kier molecular flexibility index (Phi) is 6.20. The van der Waals surface area contributed by atoms with E-state index in [1.54, 1.807) is 6.33 Å². The van der Waals surface area contributed by atoms with Gasteiger partial charge in [-0.1, -0.05) is 6.92 Å². The molecular formula is C15H26N4O2. The Hall–Kier alpha value is -1.40. The Bertz CT molecular complexity index is 442. The van der Waals surface area contributed by atoms with Crippen LogP contribution in [0.15, 0.2) is 6.33 Å². The zero-order valence-corrected chi connectivity index (χ0v) is 13.3. The van der Waals surface area contributed by atoms with Crippen molar-refractivity contribution in [2.75, 3.05) is 44.4 Å². The van der Waals surface area contributed by atoms with Crippen molar-refractivity contribution in [3.8, 4) is 5.88 Å². The number of hydrogen-bond donors (Lipinski definition) is 1. The minimum absolute atomic E-state index is 0.299. The highest BCUT2D eigenvalue weighted by Crippen LogP contribution is 2.26. The fourth-order valence-electron chi connectivity index (χ4n) is 2.55. The number of nitrogens with zero attached hydrogens (tertiary/aromatic N) is 3. The minimum atomic E-state index is 0.299. The first-order valence-corrected chi connectivity index (χ1v) is 7.77. The molecule has 0 aromatic carbocycles. The van der Waals surface area contributed by atoms with Gasteiger partial charge in [0, 0.05) is 13.1 Å². The van der Waals surface area contributed by atoms with E-state index in [1.807, 2.05) is 13.8 Å². The zero-order valence-electron chi connectivity index (χ0n) is 13.3. The smallest absolute Gasteiger partial charge is 0.221 e. The molecule has 6 nitrogen and oxygen atoms in total. The van der Waals surface area contributed by atoms with Crippen LogP contribution < -0.4 is 15.0 Å². The third-order valence-corrected chi connectivity index (χ3v) is 3.60. The number of morpholine rings is 1. The number of aromatic nitrogens is 2. The molecule has 2 rings (SSSR count). The summed E-state index contributed by atoms with van der Waals surface area (Å²) in [6.07, 6.45) is 2.72. The third kappa shape index (κ3) is 4.04. The van der Waals surface area contributed by atoms with Gasteiger partial charge in [0.25, 0.3) is 0 Å². The highest BCUT2D eigenvalue weighted by atomic mass is 16.5. The van der Waals surface area contributed by atoms with E-state index in [-0.39, 0.29) is 0 Å². The van der Waals surface area contributed by atoms with Crippen molar-refractivity contribution in [2.45, 2.75) is 33.2 Å². The maximum absolute atomic E-state index is 5.63. The van der Waals surface area contributed by atoms with E-state index in [0.717, 1.165) is 50.7 Å². The molecule has 1 atom stereocenters. The summed E-state index contributed by atoms with van der Waals surface area (Å²) in [5, 5.41) is 3.47. The normalized spacial score (nSPS) is 18.8. The summed E-state index contributed by atoms with van der Waals surface area (Å²) in [5.74, 6) is 1.63. The minimum Gasteiger partial charge on any atom is -0.478 e. The van der Waals surface area contributed by atoms with Crippen LogP contribution in [0.4, 0.5) is 5.82 Å². The van der Waals surface area contributed by atoms with Gasteiger partial charge < -0.3 is 19.7 Å². The predicted octanol–water partition coefficient (Wildman–Crippen LogP) is 1.39. The lowest BCUT2D eigenvalue weighted by molar-refractivity contribution is 0.0932. The van der Waals surface area contributed by atoms with Gasteiger partial charge in [0.1, 0.15) is 12.1 Å². The Labute approximate surface area is 126 Å². The first kappa shape index (κ1) is 16.0. The molecule has 1 aliphatic heterocycles. The Morgan fingerprint density at radius 2 is 2.29 bits per heavy atom. The lowest BCUT2D eigenvalue weighted by Gasteiger charge is -2.37. The van der Waals surface area contributed by atoms with Gasteiger partial charge in [0.2, 0.25) is 5.88 Å². The summed E-state index contributed by atoms with van der Waals surface area (Å²) in [4.78, 5) is 11.0. The largest absolute Gasteiger partial charge is 0.478 e. The molecule has 1 N–H and O–H groups in total. The molecule has 1 aromatic rings. The standard InChI is InChI=1S/C15H26N4O2/c1-4-6-16-9-13-10-20-8-7-19(13)14-12(3)15(21-5-2)18-11-17-14/h11,13,16H,4-10H2,1-3H3. The molecule has 21 heavy (non-hydrogen) atoms. The summed E-state index contributed by atoms with van der Waals surface area (Å²) in [7, 11) is 0. The van der Waals surface area contributed by atoms with Crippen LogP contribution in [0, 0.1) is 6.92 Å². The number of rotatable bonds is 7. The molecule has 6 heteroatoms.